The van der Waals surface area contributed by atoms with Crippen LogP contribution >= 0.6 is 0 Å². The molecule has 13 heavy (non-hydrogen) atoms. The van der Waals surface area contributed by atoms with E-state index in [1.165, 1.54) is 12.3 Å². The first-order chi connectivity index (χ1) is 6.18. The number of aromatic nitrogens is 2. The monoisotopic (exact) mass is 178 g/mol. The molecule has 0 fully saturated rings. The second-order valence-electron chi connectivity index (χ2n) is 2.91. The normalized spacial score (nSPS) is 10.6. The SMILES string of the molecule is Cc1cc(F)c2c(=O)[nH]ncc2c1. The molecule has 0 unspecified atom stereocenters. The van der Waals surface area contributed by atoms with Gasteiger partial charge in [0, 0.05) is 5.39 Å². The van der Waals surface area contributed by atoms with Crippen molar-refractivity contribution >= 4 is 10.8 Å². The second-order valence-corrected chi connectivity index (χ2v) is 2.91. The first-order valence-corrected chi connectivity index (χ1v) is 3.82. The van der Waals surface area contributed by atoms with Crippen LogP contribution in [-0.4, -0.2) is 10.2 Å². The molecule has 1 aromatic carbocycles. The highest BCUT2D eigenvalue weighted by Gasteiger charge is 2.05. The third kappa shape index (κ3) is 1.20. The number of H-pyrrole nitrogens is 1. The molecule has 3 nitrogen and oxygen atoms in total. The topological polar surface area (TPSA) is 45.8 Å². The Balaban J connectivity index is 3.03. The van der Waals surface area contributed by atoms with Gasteiger partial charge in [-0.05, 0) is 24.6 Å². The van der Waals surface area contributed by atoms with Crippen molar-refractivity contribution in [3.05, 3.63) is 40.1 Å². The summed E-state index contributed by atoms with van der Waals surface area (Å²) in [5.74, 6) is -0.501. The Labute approximate surface area is 73.2 Å². The number of aryl methyl sites for hydroxylation is 1. The van der Waals surface area contributed by atoms with Gasteiger partial charge in [0.1, 0.15) is 5.82 Å². The molecule has 0 aliphatic carbocycles. The van der Waals surface area contributed by atoms with Crippen molar-refractivity contribution in [3.63, 3.8) is 0 Å². The summed E-state index contributed by atoms with van der Waals surface area (Å²) < 4.78 is 13.3. The summed E-state index contributed by atoms with van der Waals surface area (Å²) in [6.07, 6.45) is 1.44. The predicted molar refractivity (Wildman–Crippen MR) is 47.1 cm³/mol. The van der Waals surface area contributed by atoms with Crippen LogP contribution in [0.15, 0.2) is 23.1 Å². The molecule has 0 saturated carbocycles. The predicted octanol–water partition coefficient (Wildman–Crippen LogP) is 1.37. The van der Waals surface area contributed by atoms with Crippen molar-refractivity contribution in [2.75, 3.05) is 0 Å². The van der Waals surface area contributed by atoms with Crippen molar-refractivity contribution in [1.29, 1.82) is 0 Å². The molecule has 0 radical (unpaired) electrons. The van der Waals surface area contributed by atoms with Crippen LogP contribution in [0.2, 0.25) is 0 Å². The average molecular weight is 178 g/mol. The van der Waals surface area contributed by atoms with E-state index in [-0.39, 0.29) is 5.39 Å². The maximum atomic E-state index is 13.3. The lowest BCUT2D eigenvalue weighted by Crippen LogP contribution is -2.09. The van der Waals surface area contributed by atoms with Crippen LogP contribution in [0.4, 0.5) is 4.39 Å². The first-order valence-electron chi connectivity index (χ1n) is 3.82. The Kier molecular flexibility index (Phi) is 1.62. The van der Waals surface area contributed by atoms with Gasteiger partial charge >= 0.3 is 0 Å². The Hall–Kier alpha value is -1.71. The van der Waals surface area contributed by atoms with E-state index < -0.39 is 11.4 Å². The van der Waals surface area contributed by atoms with E-state index >= 15 is 0 Å². The maximum Gasteiger partial charge on any atom is 0.275 e. The first kappa shape index (κ1) is 7.91. The molecule has 0 amide bonds. The third-order valence-corrected chi connectivity index (χ3v) is 1.86. The highest BCUT2D eigenvalue weighted by atomic mass is 19.1. The van der Waals surface area contributed by atoms with Crippen LogP contribution < -0.4 is 5.56 Å². The number of hydrogen-bond acceptors (Lipinski definition) is 2. The van der Waals surface area contributed by atoms with Gasteiger partial charge < -0.3 is 0 Å². The van der Waals surface area contributed by atoms with Gasteiger partial charge in [-0.15, -0.1) is 0 Å². The zero-order chi connectivity index (χ0) is 9.42. The number of halogens is 1. The lowest BCUT2D eigenvalue weighted by Gasteiger charge is -1.98. The van der Waals surface area contributed by atoms with Crippen LogP contribution in [0, 0.1) is 12.7 Å². The summed E-state index contributed by atoms with van der Waals surface area (Å²) in [7, 11) is 0. The summed E-state index contributed by atoms with van der Waals surface area (Å²) in [5, 5.41) is 6.38. The van der Waals surface area contributed by atoms with Gasteiger partial charge in [-0.3, -0.25) is 4.79 Å². The van der Waals surface area contributed by atoms with Crippen molar-refractivity contribution in [3.8, 4) is 0 Å². The molecule has 1 aromatic heterocycles. The van der Waals surface area contributed by atoms with E-state index in [0.29, 0.717) is 5.39 Å². The summed E-state index contributed by atoms with van der Waals surface area (Å²) in [6, 6.07) is 3.05. The largest absolute Gasteiger partial charge is 0.275 e. The molecule has 0 bridgehead atoms. The minimum absolute atomic E-state index is 0.0700. The number of hydrogen-bond donors (Lipinski definition) is 1. The van der Waals surface area contributed by atoms with E-state index in [9.17, 15) is 9.18 Å². The molecule has 0 spiro atoms. The minimum atomic E-state index is -0.501. The van der Waals surface area contributed by atoms with Crippen LogP contribution in [0.5, 0.6) is 0 Å². The number of benzene rings is 1. The molecule has 0 saturated heterocycles. The number of rotatable bonds is 0. The molecule has 1 heterocycles. The molecule has 4 heteroatoms. The highest BCUT2D eigenvalue weighted by molar-refractivity contribution is 5.81. The Bertz CT molecular complexity index is 518. The standard InChI is InChI=1S/C9H7FN2O/c1-5-2-6-4-11-12-9(13)8(6)7(10)3-5/h2-4H,1H3,(H,12,13). The van der Waals surface area contributed by atoms with Crippen molar-refractivity contribution in [1.82, 2.24) is 10.2 Å². The summed E-state index contributed by atoms with van der Waals surface area (Å²) in [6.45, 7) is 1.77. The van der Waals surface area contributed by atoms with Gasteiger partial charge in [-0.1, -0.05) is 0 Å². The van der Waals surface area contributed by atoms with Crippen LogP contribution in [0.1, 0.15) is 5.56 Å². The second kappa shape index (κ2) is 2.65. The van der Waals surface area contributed by atoms with E-state index in [1.807, 2.05) is 0 Å². The molecular formula is C9H7FN2O. The van der Waals surface area contributed by atoms with Crippen LogP contribution in [-0.2, 0) is 0 Å². The van der Waals surface area contributed by atoms with Gasteiger partial charge in [0.25, 0.3) is 5.56 Å². The zero-order valence-electron chi connectivity index (χ0n) is 6.97. The molecule has 2 aromatic rings. The summed E-state index contributed by atoms with van der Waals surface area (Å²) in [5.41, 5.74) is 0.285. The van der Waals surface area contributed by atoms with Crippen LogP contribution in [0.3, 0.4) is 0 Å². The van der Waals surface area contributed by atoms with Gasteiger partial charge in [0.05, 0.1) is 11.6 Å². The summed E-state index contributed by atoms with van der Waals surface area (Å²) in [4.78, 5) is 11.2. The molecule has 1 N–H and O–H groups in total. The minimum Gasteiger partial charge on any atom is -0.267 e. The van der Waals surface area contributed by atoms with Gasteiger partial charge in [-0.2, -0.15) is 5.10 Å². The summed E-state index contributed by atoms with van der Waals surface area (Å²) >= 11 is 0. The molecule has 66 valence electrons. The zero-order valence-corrected chi connectivity index (χ0v) is 6.97. The number of aromatic amines is 1. The molecule has 0 aliphatic heterocycles. The van der Waals surface area contributed by atoms with E-state index in [0.717, 1.165) is 5.56 Å². The number of fused-ring (bicyclic) bond motifs is 1. The van der Waals surface area contributed by atoms with Crippen molar-refractivity contribution < 1.29 is 4.39 Å². The Morgan fingerprint density at radius 1 is 1.46 bits per heavy atom. The van der Waals surface area contributed by atoms with Crippen molar-refractivity contribution in [2.24, 2.45) is 0 Å². The molecule has 2 rings (SSSR count). The van der Waals surface area contributed by atoms with Crippen LogP contribution in [0.25, 0.3) is 10.8 Å². The Morgan fingerprint density at radius 2 is 2.23 bits per heavy atom. The molecular weight excluding hydrogens is 171 g/mol. The fraction of sp³-hybridized carbons (Fsp3) is 0.111. The fourth-order valence-electron chi connectivity index (χ4n) is 1.33. The van der Waals surface area contributed by atoms with Gasteiger partial charge in [-0.25, -0.2) is 9.49 Å². The Morgan fingerprint density at radius 3 is 3.00 bits per heavy atom. The smallest absolute Gasteiger partial charge is 0.267 e. The quantitative estimate of drug-likeness (QED) is 0.662. The lowest BCUT2D eigenvalue weighted by atomic mass is 10.1. The molecule has 0 aliphatic rings. The fourth-order valence-corrected chi connectivity index (χ4v) is 1.33. The van der Waals surface area contributed by atoms with Gasteiger partial charge in [0.15, 0.2) is 0 Å². The van der Waals surface area contributed by atoms with Gasteiger partial charge in [0.2, 0.25) is 0 Å². The van der Waals surface area contributed by atoms with Crippen molar-refractivity contribution in [2.45, 2.75) is 6.92 Å². The van der Waals surface area contributed by atoms with E-state index in [1.54, 1.807) is 13.0 Å². The maximum absolute atomic E-state index is 13.3. The number of nitrogens with one attached hydrogen (secondary N) is 1. The third-order valence-electron chi connectivity index (χ3n) is 1.86. The highest BCUT2D eigenvalue weighted by Crippen LogP contribution is 2.14. The lowest BCUT2D eigenvalue weighted by molar-refractivity contribution is 0.637. The van der Waals surface area contributed by atoms with E-state index in [2.05, 4.69) is 10.2 Å². The molecule has 0 atom stereocenters. The average Bonchev–Trinajstić information content (AvgIpc) is 2.02. The number of nitrogens with zero attached hydrogens (tertiary/aromatic N) is 1. The van der Waals surface area contributed by atoms with E-state index in [4.69, 9.17) is 0 Å².